The summed E-state index contributed by atoms with van der Waals surface area (Å²) in [5.74, 6) is 0.236. The Morgan fingerprint density at radius 3 is 2.44 bits per heavy atom. The van der Waals surface area contributed by atoms with Crippen LogP contribution in [-0.4, -0.2) is 26.7 Å². The van der Waals surface area contributed by atoms with Gasteiger partial charge >= 0.3 is 0 Å². The Kier molecular flexibility index (Phi) is 4.41. The predicted molar refractivity (Wildman–Crippen MR) is 41.5 cm³/mol. The minimum Gasteiger partial charge on any atom is -0.311 e. The van der Waals surface area contributed by atoms with Crippen molar-refractivity contribution in [3.63, 3.8) is 0 Å². The molecule has 0 aliphatic carbocycles. The molecule has 0 aliphatic heterocycles. The Morgan fingerprint density at radius 1 is 1.78 bits per heavy atom. The molecule has 2 nitrogen and oxygen atoms in total. The summed E-state index contributed by atoms with van der Waals surface area (Å²) >= 11 is 0. The summed E-state index contributed by atoms with van der Waals surface area (Å²) < 4.78 is 0. The molecule has 52 valence electrons. The first-order valence-corrected chi connectivity index (χ1v) is 3.40. The topological polar surface area (TPSA) is 29.1 Å². The van der Waals surface area contributed by atoms with Gasteiger partial charge in [0.2, 0.25) is 0 Å². The van der Waals surface area contributed by atoms with Gasteiger partial charge < -0.3 is 5.32 Å². The van der Waals surface area contributed by atoms with Crippen LogP contribution in [0.25, 0.3) is 0 Å². The summed E-state index contributed by atoms with van der Waals surface area (Å²) in [6, 6.07) is 0.0787. The second kappa shape index (κ2) is 4.56. The van der Waals surface area contributed by atoms with Crippen LogP contribution in [0.2, 0.25) is 6.32 Å². The lowest BCUT2D eigenvalue weighted by Gasteiger charge is -2.09. The number of carbonyl (C=O) groups excluding carboxylic acids is 1. The minimum absolute atomic E-state index is 0.0787. The first-order valence-electron chi connectivity index (χ1n) is 3.40. The Balaban J connectivity index is 3.54. The largest absolute Gasteiger partial charge is 0.311 e. The van der Waals surface area contributed by atoms with Gasteiger partial charge in [-0.25, -0.2) is 0 Å². The fourth-order valence-electron chi connectivity index (χ4n) is 0.840. The lowest BCUT2D eigenvalue weighted by molar-refractivity contribution is -0.118. The number of likely N-dealkylation sites (N-methyl/N-ethyl adjacent to an activating group) is 1. The van der Waals surface area contributed by atoms with Crippen molar-refractivity contribution in [3.05, 3.63) is 0 Å². The number of hydrogen-bond acceptors (Lipinski definition) is 2. The SMILES string of the molecule is BCCC(NC)C(C)=O. The molecule has 0 aromatic rings. The number of rotatable bonds is 4. The molecule has 0 aliphatic rings. The molecule has 0 radical (unpaired) electrons. The van der Waals surface area contributed by atoms with Crippen molar-refractivity contribution in [3.8, 4) is 0 Å². The van der Waals surface area contributed by atoms with Crippen molar-refractivity contribution >= 4 is 13.6 Å². The monoisotopic (exact) mass is 127 g/mol. The maximum Gasteiger partial charge on any atom is 0.146 e. The molecule has 0 aromatic heterocycles. The molecule has 0 spiro atoms. The highest BCUT2D eigenvalue weighted by Gasteiger charge is 2.07. The van der Waals surface area contributed by atoms with E-state index in [2.05, 4.69) is 13.2 Å². The van der Waals surface area contributed by atoms with E-state index < -0.39 is 0 Å². The molecule has 0 saturated heterocycles. The molecule has 0 heterocycles. The number of carbonyl (C=O) groups is 1. The average Bonchev–Trinajstić information content (AvgIpc) is 1.82. The van der Waals surface area contributed by atoms with Gasteiger partial charge in [-0.15, -0.1) is 0 Å². The lowest BCUT2D eigenvalue weighted by Crippen LogP contribution is -2.31. The third-order valence-corrected chi connectivity index (χ3v) is 1.42. The average molecular weight is 127 g/mol. The highest BCUT2D eigenvalue weighted by molar-refractivity contribution is 6.08. The van der Waals surface area contributed by atoms with Gasteiger partial charge in [-0.3, -0.25) is 4.79 Å². The first kappa shape index (κ1) is 8.69. The molecular formula is C6H14BNO. The van der Waals surface area contributed by atoms with Gasteiger partial charge in [0.15, 0.2) is 0 Å². The molecule has 1 atom stereocenters. The Morgan fingerprint density at radius 2 is 2.33 bits per heavy atom. The van der Waals surface area contributed by atoms with Crippen LogP contribution in [0.3, 0.4) is 0 Å². The summed E-state index contributed by atoms with van der Waals surface area (Å²) in [5, 5.41) is 2.95. The molecule has 0 amide bonds. The van der Waals surface area contributed by atoms with Crippen LogP contribution < -0.4 is 5.32 Å². The fraction of sp³-hybridized carbons (Fsp3) is 0.833. The van der Waals surface area contributed by atoms with E-state index in [-0.39, 0.29) is 11.8 Å². The van der Waals surface area contributed by atoms with Crippen LogP contribution in [0, 0.1) is 0 Å². The van der Waals surface area contributed by atoms with Crippen molar-refractivity contribution in [2.24, 2.45) is 0 Å². The first-order chi connectivity index (χ1) is 4.22. The van der Waals surface area contributed by atoms with E-state index in [1.165, 1.54) is 0 Å². The zero-order valence-corrected chi connectivity index (χ0v) is 6.40. The second-order valence-electron chi connectivity index (χ2n) is 2.24. The van der Waals surface area contributed by atoms with Gasteiger partial charge in [-0.05, 0) is 20.4 Å². The molecule has 1 unspecified atom stereocenters. The molecule has 9 heavy (non-hydrogen) atoms. The predicted octanol–water partition coefficient (Wildman–Crippen LogP) is -0.395. The summed E-state index contributed by atoms with van der Waals surface area (Å²) in [6.45, 7) is 1.62. The van der Waals surface area contributed by atoms with Gasteiger partial charge in [0, 0.05) is 0 Å². The summed E-state index contributed by atoms with van der Waals surface area (Å²) in [4.78, 5) is 10.7. The van der Waals surface area contributed by atoms with Gasteiger partial charge in [0.1, 0.15) is 13.6 Å². The molecule has 0 bridgehead atoms. The number of nitrogens with one attached hydrogen (secondary N) is 1. The highest BCUT2D eigenvalue weighted by Crippen LogP contribution is 1.94. The Labute approximate surface area is 57.4 Å². The van der Waals surface area contributed by atoms with E-state index in [9.17, 15) is 4.79 Å². The van der Waals surface area contributed by atoms with Crippen molar-refractivity contribution in [1.29, 1.82) is 0 Å². The summed E-state index contributed by atoms with van der Waals surface area (Å²) in [7, 11) is 3.90. The smallest absolute Gasteiger partial charge is 0.146 e. The third kappa shape index (κ3) is 3.30. The zero-order chi connectivity index (χ0) is 7.28. The minimum atomic E-state index is 0.0787. The Hall–Kier alpha value is -0.305. The number of ketones is 1. The van der Waals surface area contributed by atoms with E-state index in [0.29, 0.717) is 0 Å². The van der Waals surface area contributed by atoms with Gasteiger partial charge in [0.05, 0.1) is 6.04 Å². The van der Waals surface area contributed by atoms with Crippen molar-refractivity contribution in [1.82, 2.24) is 5.32 Å². The standard InChI is InChI=1S/C6H14BNO/c1-5(9)6(8-2)3-4-7/h6,8H,3-4,7H2,1-2H3. The van der Waals surface area contributed by atoms with Gasteiger partial charge in [-0.2, -0.15) is 0 Å². The van der Waals surface area contributed by atoms with E-state index in [1.807, 2.05) is 7.05 Å². The Bertz CT molecular complexity index is 95.1. The van der Waals surface area contributed by atoms with E-state index in [0.717, 1.165) is 12.7 Å². The van der Waals surface area contributed by atoms with Gasteiger partial charge in [0.25, 0.3) is 0 Å². The van der Waals surface area contributed by atoms with Gasteiger partial charge in [-0.1, -0.05) is 6.32 Å². The summed E-state index contributed by atoms with van der Waals surface area (Å²) in [6.07, 6.45) is 2.01. The lowest BCUT2D eigenvalue weighted by atomic mass is 9.96. The van der Waals surface area contributed by atoms with E-state index >= 15 is 0 Å². The molecule has 0 fully saturated rings. The number of Topliss-reactive ketones (excluding diaryl/α,β-unsaturated/α-hetero) is 1. The molecule has 3 heteroatoms. The molecule has 0 saturated carbocycles. The van der Waals surface area contributed by atoms with Crippen LogP contribution in [0.15, 0.2) is 0 Å². The van der Waals surface area contributed by atoms with Crippen LogP contribution in [-0.2, 0) is 4.79 Å². The number of hydrogen-bond donors (Lipinski definition) is 1. The molecule has 0 aromatic carbocycles. The highest BCUT2D eigenvalue weighted by atomic mass is 16.1. The molecular weight excluding hydrogens is 113 g/mol. The maximum absolute atomic E-state index is 10.7. The van der Waals surface area contributed by atoms with E-state index in [4.69, 9.17) is 0 Å². The maximum atomic E-state index is 10.7. The van der Waals surface area contributed by atoms with Crippen LogP contribution in [0.4, 0.5) is 0 Å². The van der Waals surface area contributed by atoms with Crippen molar-refractivity contribution < 1.29 is 4.79 Å². The fourth-order valence-corrected chi connectivity index (χ4v) is 0.840. The van der Waals surface area contributed by atoms with Crippen LogP contribution in [0.1, 0.15) is 13.3 Å². The van der Waals surface area contributed by atoms with Crippen LogP contribution >= 0.6 is 0 Å². The van der Waals surface area contributed by atoms with E-state index in [1.54, 1.807) is 6.92 Å². The molecule has 1 N–H and O–H groups in total. The summed E-state index contributed by atoms with van der Waals surface area (Å²) in [5.41, 5.74) is 0. The zero-order valence-electron chi connectivity index (χ0n) is 6.40. The van der Waals surface area contributed by atoms with Crippen molar-refractivity contribution in [2.45, 2.75) is 25.7 Å². The molecule has 0 rings (SSSR count). The van der Waals surface area contributed by atoms with Crippen molar-refractivity contribution in [2.75, 3.05) is 7.05 Å². The quantitative estimate of drug-likeness (QED) is 0.521. The normalized spacial score (nSPS) is 13.1. The van der Waals surface area contributed by atoms with Crippen LogP contribution in [0.5, 0.6) is 0 Å². The third-order valence-electron chi connectivity index (χ3n) is 1.42. The second-order valence-corrected chi connectivity index (χ2v) is 2.24.